The van der Waals surface area contributed by atoms with Gasteiger partial charge in [-0.2, -0.15) is 5.26 Å². The lowest BCUT2D eigenvalue weighted by molar-refractivity contribution is -0.136. The van der Waals surface area contributed by atoms with E-state index in [9.17, 15) is 18.0 Å². The van der Waals surface area contributed by atoms with Crippen LogP contribution < -0.4 is 0 Å². The van der Waals surface area contributed by atoms with Gasteiger partial charge in [0.25, 0.3) is 6.43 Å². The zero-order valence-corrected chi connectivity index (χ0v) is 7.75. The second-order valence-electron chi connectivity index (χ2n) is 2.83. The number of halogens is 3. The molecule has 16 heavy (non-hydrogen) atoms. The summed E-state index contributed by atoms with van der Waals surface area (Å²) in [6, 6.07) is 1.37. The second-order valence-corrected chi connectivity index (χ2v) is 2.83. The van der Waals surface area contributed by atoms with E-state index in [-0.39, 0.29) is 0 Å². The summed E-state index contributed by atoms with van der Waals surface area (Å²) in [7, 11) is 0. The van der Waals surface area contributed by atoms with Crippen LogP contribution in [0, 0.1) is 17.1 Å². The highest BCUT2D eigenvalue weighted by atomic mass is 19.3. The van der Waals surface area contributed by atoms with Crippen LogP contribution in [0.15, 0.2) is 6.20 Å². The molecule has 1 heterocycles. The fourth-order valence-corrected chi connectivity index (χ4v) is 1.20. The Hall–Kier alpha value is -2.10. The van der Waals surface area contributed by atoms with Crippen molar-refractivity contribution in [2.24, 2.45) is 0 Å². The molecule has 0 fully saturated rings. The summed E-state index contributed by atoms with van der Waals surface area (Å²) in [4.78, 5) is 13.6. The molecule has 0 bridgehead atoms. The predicted molar refractivity (Wildman–Crippen MR) is 45.2 cm³/mol. The first-order chi connectivity index (χ1) is 7.47. The van der Waals surface area contributed by atoms with Crippen molar-refractivity contribution in [2.75, 3.05) is 0 Å². The van der Waals surface area contributed by atoms with E-state index < -0.39 is 41.5 Å². The van der Waals surface area contributed by atoms with Gasteiger partial charge in [0.2, 0.25) is 0 Å². The van der Waals surface area contributed by atoms with Crippen LogP contribution in [0.3, 0.4) is 0 Å². The minimum Gasteiger partial charge on any atom is -0.481 e. The fourth-order valence-electron chi connectivity index (χ4n) is 1.20. The van der Waals surface area contributed by atoms with Gasteiger partial charge in [-0.15, -0.1) is 0 Å². The zero-order valence-electron chi connectivity index (χ0n) is 7.75. The van der Waals surface area contributed by atoms with Gasteiger partial charge >= 0.3 is 5.97 Å². The Balaban J connectivity index is 3.43. The number of rotatable bonds is 3. The van der Waals surface area contributed by atoms with Crippen LogP contribution in [-0.4, -0.2) is 16.1 Å². The van der Waals surface area contributed by atoms with Gasteiger partial charge in [0.1, 0.15) is 17.6 Å². The molecule has 0 saturated heterocycles. The van der Waals surface area contributed by atoms with Gasteiger partial charge < -0.3 is 5.11 Å². The van der Waals surface area contributed by atoms with Gasteiger partial charge in [0, 0.05) is 5.56 Å². The normalized spacial score (nSPS) is 10.2. The molecule has 0 aromatic carbocycles. The molecule has 84 valence electrons. The summed E-state index contributed by atoms with van der Waals surface area (Å²) >= 11 is 0. The van der Waals surface area contributed by atoms with Gasteiger partial charge in [0.15, 0.2) is 0 Å². The van der Waals surface area contributed by atoms with E-state index in [2.05, 4.69) is 4.98 Å². The monoisotopic (exact) mass is 230 g/mol. The number of hydrogen-bond donors (Lipinski definition) is 1. The van der Waals surface area contributed by atoms with E-state index in [1.807, 2.05) is 0 Å². The molecular weight excluding hydrogens is 225 g/mol. The Labute approximate surface area is 88.0 Å². The Morgan fingerprint density at radius 2 is 2.25 bits per heavy atom. The maximum absolute atomic E-state index is 13.1. The van der Waals surface area contributed by atoms with Gasteiger partial charge in [0.05, 0.1) is 18.2 Å². The average Bonchev–Trinajstić information content (AvgIpc) is 2.19. The van der Waals surface area contributed by atoms with Crippen LogP contribution in [0.4, 0.5) is 13.2 Å². The highest BCUT2D eigenvalue weighted by Crippen LogP contribution is 2.27. The van der Waals surface area contributed by atoms with E-state index in [1.165, 1.54) is 6.07 Å². The molecule has 0 amide bonds. The van der Waals surface area contributed by atoms with Crippen molar-refractivity contribution in [1.82, 2.24) is 4.98 Å². The molecule has 7 heteroatoms. The third-order valence-electron chi connectivity index (χ3n) is 1.83. The minimum absolute atomic E-state index is 0.558. The summed E-state index contributed by atoms with van der Waals surface area (Å²) in [6.45, 7) is 0. The third kappa shape index (κ3) is 2.28. The average molecular weight is 230 g/mol. The lowest BCUT2D eigenvalue weighted by atomic mass is 10.0. The topological polar surface area (TPSA) is 74.0 Å². The van der Waals surface area contributed by atoms with Crippen LogP contribution in [0.5, 0.6) is 0 Å². The first-order valence-electron chi connectivity index (χ1n) is 4.04. The number of carbonyl (C=O) groups is 1. The molecular formula is C9H5F3N2O2. The molecule has 0 aliphatic rings. The maximum atomic E-state index is 13.1. The van der Waals surface area contributed by atoms with Gasteiger partial charge in [-0.3, -0.25) is 4.79 Å². The Bertz CT molecular complexity index is 469. The molecule has 1 aromatic rings. The molecule has 0 saturated carbocycles. The lowest BCUT2D eigenvalue weighted by Gasteiger charge is -2.08. The number of carboxylic acid groups (broad SMARTS) is 1. The van der Waals surface area contributed by atoms with E-state index in [0.29, 0.717) is 6.20 Å². The predicted octanol–water partition coefficient (Wildman–Crippen LogP) is 1.66. The van der Waals surface area contributed by atoms with Gasteiger partial charge in [-0.05, 0) is 0 Å². The van der Waals surface area contributed by atoms with E-state index in [4.69, 9.17) is 10.4 Å². The van der Waals surface area contributed by atoms with E-state index in [0.717, 1.165) is 0 Å². The zero-order chi connectivity index (χ0) is 12.3. The molecule has 0 spiro atoms. The number of pyridine rings is 1. The standard InChI is InChI=1S/C9H5F3N2O2/c10-5-3-14-6(2-13)8(9(11)12)4(5)1-7(15)16/h3,9H,1H2,(H,15,16). The molecule has 0 radical (unpaired) electrons. The van der Waals surface area contributed by atoms with Gasteiger partial charge in [-0.25, -0.2) is 18.2 Å². The smallest absolute Gasteiger partial charge is 0.307 e. The Morgan fingerprint density at radius 1 is 1.62 bits per heavy atom. The van der Waals surface area contributed by atoms with Crippen molar-refractivity contribution in [1.29, 1.82) is 5.26 Å². The SMILES string of the molecule is N#Cc1ncc(F)c(CC(=O)O)c1C(F)F. The Kier molecular flexibility index (Phi) is 3.45. The number of aromatic nitrogens is 1. The van der Waals surface area contributed by atoms with Crippen LogP contribution in [-0.2, 0) is 11.2 Å². The van der Waals surface area contributed by atoms with Crippen molar-refractivity contribution in [3.8, 4) is 6.07 Å². The molecule has 0 aliphatic carbocycles. The number of carboxylic acids is 1. The quantitative estimate of drug-likeness (QED) is 0.856. The molecule has 4 nitrogen and oxygen atoms in total. The first-order valence-corrected chi connectivity index (χ1v) is 4.04. The van der Waals surface area contributed by atoms with E-state index in [1.54, 1.807) is 0 Å². The molecule has 1 rings (SSSR count). The summed E-state index contributed by atoms with van der Waals surface area (Å²) in [5.74, 6) is -2.62. The van der Waals surface area contributed by atoms with Crippen molar-refractivity contribution < 1.29 is 23.1 Å². The highest BCUT2D eigenvalue weighted by Gasteiger charge is 2.23. The molecule has 1 N–H and O–H groups in total. The lowest BCUT2D eigenvalue weighted by Crippen LogP contribution is -2.10. The van der Waals surface area contributed by atoms with Crippen LogP contribution in [0.1, 0.15) is 23.2 Å². The van der Waals surface area contributed by atoms with Crippen LogP contribution >= 0.6 is 0 Å². The van der Waals surface area contributed by atoms with Crippen molar-refractivity contribution in [3.05, 3.63) is 28.8 Å². The summed E-state index contributed by atoms with van der Waals surface area (Å²) in [6.07, 6.45) is -3.50. The van der Waals surface area contributed by atoms with Gasteiger partial charge in [-0.1, -0.05) is 0 Å². The Morgan fingerprint density at radius 3 is 2.69 bits per heavy atom. The van der Waals surface area contributed by atoms with Crippen molar-refractivity contribution in [2.45, 2.75) is 12.8 Å². The highest BCUT2D eigenvalue weighted by molar-refractivity contribution is 5.71. The largest absolute Gasteiger partial charge is 0.481 e. The summed E-state index contributed by atoms with van der Waals surface area (Å²) in [5.41, 5.74) is -2.31. The molecule has 0 atom stereocenters. The molecule has 1 aromatic heterocycles. The third-order valence-corrected chi connectivity index (χ3v) is 1.83. The summed E-state index contributed by atoms with van der Waals surface area (Å²) < 4.78 is 38.2. The van der Waals surface area contributed by atoms with Crippen molar-refractivity contribution in [3.63, 3.8) is 0 Å². The van der Waals surface area contributed by atoms with Crippen LogP contribution in [0.2, 0.25) is 0 Å². The number of nitrogens with zero attached hydrogens (tertiary/aromatic N) is 2. The molecule has 0 aliphatic heterocycles. The van der Waals surface area contributed by atoms with Crippen LogP contribution in [0.25, 0.3) is 0 Å². The number of nitriles is 1. The fraction of sp³-hybridized carbons (Fsp3) is 0.222. The first kappa shape index (κ1) is 12.0. The molecule has 0 unspecified atom stereocenters. The van der Waals surface area contributed by atoms with Crippen molar-refractivity contribution >= 4 is 5.97 Å². The number of hydrogen-bond acceptors (Lipinski definition) is 3. The minimum atomic E-state index is -3.15. The maximum Gasteiger partial charge on any atom is 0.307 e. The second kappa shape index (κ2) is 4.61. The van der Waals surface area contributed by atoms with E-state index >= 15 is 0 Å². The summed E-state index contributed by atoms with van der Waals surface area (Å²) in [5, 5.41) is 16.9. The number of aliphatic carboxylic acids is 1. The number of alkyl halides is 2.